The Morgan fingerprint density at radius 3 is 2.71 bits per heavy atom. The van der Waals surface area contributed by atoms with Crippen molar-refractivity contribution in [1.29, 1.82) is 0 Å². The fourth-order valence-electron chi connectivity index (χ4n) is 1.72. The van der Waals surface area contributed by atoms with Gasteiger partial charge in [0.05, 0.1) is 12.6 Å². The largest absolute Gasteiger partial charge is 0.388 e. The maximum atomic E-state index is 5.65. The summed E-state index contributed by atoms with van der Waals surface area (Å²) in [7, 11) is 1.68. The van der Waals surface area contributed by atoms with E-state index in [0.29, 0.717) is 18.1 Å². The molecule has 0 saturated heterocycles. The Labute approximate surface area is 107 Å². The van der Waals surface area contributed by atoms with Crippen molar-refractivity contribution < 1.29 is 4.74 Å². The topological polar surface area (TPSA) is 64.3 Å². The number of likely N-dealkylation sites (N-methyl/N-ethyl adjacent to an activating group) is 1. The summed E-state index contributed by atoms with van der Waals surface area (Å²) in [5.74, 6) is 0.715. The first kappa shape index (κ1) is 13.8. The van der Waals surface area contributed by atoms with Crippen molar-refractivity contribution in [2.75, 3.05) is 25.2 Å². The van der Waals surface area contributed by atoms with Crippen molar-refractivity contribution in [2.45, 2.75) is 19.9 Å². The first-order valence-corrected chi connectivity index (χ1v) is 5.89. The predicted octanol–water partition coefficient (Wildman–Crippen LogP) is 0.972. The fraction of sp³-hybridized carbons (Fsp3) is 0.545. The Balaban J connectivity index is 3.06. The minimum atomic E-state index is 0.190. The number of methoxy groups -OCH3 is 1. The lowest BCUT2D eigenvalue weighted by atomic mass is 10.2. The first-order chi connectivity index (χ1) is 8.11. The summed E-state index contributed by atoms with van der Waals surface area (Å²) >= 11 is 4.99. The molecule has 1 unspecified atom stereocenters. The molecule has 0 aliphatic heterocycles. The minimum Gasteiger partial charge on any atom is -0.388 e. The van der Waals surface area contributed by atoms with E-state index in [4.69, 9.17) is 22.7 Å². The number of aromatic nitrogens is 2. The number of rotatable bonds is 6. The van der Waals surface area contributed by atoms with Gasteiger partial charge in [0.2, 0.25) is 0 Å². The van der Waals surface area contributed by atoms with Crippen molar-refractivity contribution in [3.05, 3.63) is 18.1 Å². The van der Waals surface area contributed by atoms with Crippen LogP contribution in [0.3, 0.4) is 0 Å². The molecule has 0 radical (unpaired) electrons. The van der Waals surface area contributed by atoms with Gasteiger partial charge in [0, 0.05) is 26.0 Å². The van der Waals surface area contributed by atoms with E-state index in [9.17, 15) is 0 Å². The highest BCUT2D eigenvalue weighted by Gasteiger charge is 2.19. The van der Waals surface area contributed by atoms with Crippen LogP contribution in [0.25, 0.3) is 0 Å². The van der Waals surface area contributed by atoms with E-state index in [1.165, 1.54) is 0 Å². The quantitative estimate of drug-likeness (QED) is 0.763. The zero-order valence-electron chi connectivity index (χ0n) is 10.4. The van der Waals surface area contributed by atoms with E-state index < -0.39 is 0 Å². The van der Waals surface area contributed by atoms with E-state index in [-0.39, 0.29) is 11.0 Å². The normalized spacial score (nSPS) is 12.2. The van der Waals surface area contributed by atoms with Gasteiger partial charge in [-0.05, 0) is 13.8 Å². The molecule has 2 N–H and O–H groups in total. The number of thiocarbonyl (C=S) groups is 1. The van der Waals surface area contributed by atoms with E-state index in [0.717, 1.165) is 6.54 Å². The summed E-state index contributed by atoms with van der Waals surface area (Å²) in [5, 5.41) is 0. The van der Waals surface area contributed by atoms with Crippen LogP contribution < -0.4 is 10.6 Å². The number of anilines is 1. The summed E-state index contributed by atoms with van der Waals surface area (Å²) < 4.78 is 5.15. The molecule has 1 heterocycles. The zero-order chi connectivity index (χ0) is 12.8. The monoisotopic (exact) mass is 254 g/mol. The van der Waals surface area contributed by atoms with Gasteiger partial charge < -0.3 is 15.4 Å². The number of nitrogens with zero attached hydrogens (tertiary/aromatic N) is 3. The molecule has 6 heteroatoms. The fourth-order valence-corrected chi connectivity index (χ4v) is 1.86. The minimum absolute atomic E-state index is 0.190. The Morgan fingerprint density at radius 1 is 1.53 bits per heavy atom. The van der Waals surface area contributed by atoms with Crippen LogP contribution in [0.5, 0.6) is 0 Å². The highest BCUT2D eigenvalue weighted by atomic mass is 32.1. The molecule has 0 aliphatic carbocycles. The Kier molecular flexibility index (Phi) is 5.24. The molecule has 0 saturated carbocycles. The number of hydrogen-bond acceptors (Lipinski definition) is 5. The molecule has 17 heavy (non-hydrogen) atoms. The molecule has 1 aromatic rings. The van der Waals surface area contributed by atoms with Crippen LogP contribution in [0, 0.1) is 0 Å². The lowest BCUT2D eigenvalue weighted by Crippen LogP contribution is -2.38. The van der Waals surface area contributed by atoms with Gasteiger partial charge in [-0.15, -0.1) is 0 Å². The van der Waals surface area contributed by atoms with Gasteiger partial charge in [0.1, 0.15) is 10.7 Å². The molecule has 1 atom stereocenters. The van der Waals surface area contributed by atoms with Crippen LogP contribution in [0.15, 0.2) is 12.4 Å². The molecule has 94 valence electrons. The van der Waals surface area contributed by atoms with Crippen molar-refractivity contribution in [3.63, 3.8) is 0 Å². The lowest BCUT2D eigenvalue weighted by molar-refractivity contribution is 0.181. The summed E-state index contributed by atoms with van der Waals surface area (Å²) in [6.45, 7) is 5.51. The van der Waals surface area contributed by atoms with Crippen LogP contribution in [0.4, 0.5) is 5.82 Å². The van der Waals surface area contributed by atoms with E-state index in [2.05, 4.69) is 21.8 Å². The van der Waals surface area contributed by atoms with Crippen LogP contribution in [0.2, 0.25) is 0 Å². The van der Waals surface area contributed by atoms with E-state index >= 15 is 0 Å². The molecule has 0 bridgehead atoms. The average Bonchev–Trinajstić information content (AvgIpc) is 2.31. The van der Waals surface area contributed by atoms with Gasteiger partial charge >= 0.3 is 0 Å². The van der Waals surface area contributed by atoms with Crippen molar-refractivity contribution in [1.82, 2.24) is 9.97 Å². The molecule has 0 amide bonds. The van der Waals surface area contributed by atoms with Crippen LogP contribution in [0.1, 0.15) is 19.5 Å². The van der Waals surface area contributed by atoms with Crippen LogP contribution >= 0.6 is 12.2 Å². The highest BCUT2D eigenvalue weighted by molar-refractivity contribution is 7.80. The zero-order valence-corrected chi connectivity index (χ0v) is 11.2. The Hall–Kier alpha value is -1.27. The Bertz CT molecular complexity index is 385. The molecule has 0 aliphatic rings. The molecule has 1 rings (SSSR count). The highest BCUT2D eigenvalue weighted by Crippen LogP contribution is 2.17. The summed E-state index contributed by atoms with van der Waals surface area (Å²) in [6, 6.07) is 0.190. The van der Waals surface area contributed by atoms with Crippen molar-refractivity contribution in [2.24, 2.45) is 5.73 Å². The third-order valence-corrected chi connectivity index (χ3v) is 2.66. The molecule has 0 spiro atoms. The van der Waals surface area contributed by atoms with Gasteiger partial charge in [-0.25, -0.2) is 9.97 Å². The molecule has 0 fully saturated rings. The third-order valence-electron chi connectivity index (χ3n) is 2.46. The number of hydrogen-bond donors (Lipinski definition) is 1. The van der Waals surface area contributed by atoms with Gasteiger partial charge in [-0.3, -0.25) is 0 Å². The maximum Gasteiger partial charge on any atom is 0.157 e. The summed E-state index contributed by atoms with van der Waals surface area (Å²) in [5.41, 5.74) is 6.21. The molecule has 5 nitrogen and oxygen atoms in total. The van der Waals surface area contributed by atoms with Gasteiger partial charge in [0.15, 0.2) is 5.82 Å². The van der Waals surface area contributed by atoms with Crippen LogP contribution in [-0.2, 0) is 4.74 Å². The molecular weight excluding hydrogens is 236 g/mol. The average molecular weight is 254 g/mol. The van der Waals surface area contributed by atoms with Crippen molar-refractivity contribution in [3.8, 4) is 0 Å². The van der Waals surface area contributed by atoms with Gasteiger partial charge in [-0.1, -0.05) is 12.2 Å². The second-order valence-electron chi connectivity index (χ2n) is 3.68. The molecule has 1 aromatic heterocycles. The Morgan fingerprint density at radius 2 is 2.18 bits per heavy atom. The van der Waals surface area contributed by atoms with Crippen LogP contribution in [-0.4, -0.2) is 41.3 Å². The maximum absolute atomic E-state index is 5.65. The summed E-state index contributed by atoms with van der Waals surface area (Å²) in [6.07, 6.45) is 3.23. The number of ether oxygens (including phenoxy) is 1. The third kappa shape index (κ3) is 3.34. The van der Waals surface area contributed by atoms with Gasteiger partial charge in [-0.2, -0.15) is 0 Å². The second kappa shape index (κ2) is 6.46. The molecular formula is C11H18N4OS. The summed E-state index contributed by atoms with van der Waals surface area (Å²) in [4.78, 5) is 10.8. The van der Waals surface area contributed by atoms with Crippen molar-refractivity contribution >= 4 is 23.0 Å². The van der Waals surface area contributed by atoms with E-state index in [1.54, 1.807) is 19.5 Å². The van der Waals surface area contributed by atoms with Gasteiger partial charge in [0.25, 0.3) is 0 Å². The lowest BCUT2D eigenvalue weighted by Gasteiger charge is -2.29. The standard InChI is InChI=1S/C11H18N4OS/c1-4-15(8(2)7-16-3)11-9(10(12)17)13-5-6-14-11/h5-6,8H,4,7H2,1-3H3,(H2,12,17). The second-order valence-corrected chi connectivity index (χ2v) is 4.12. The SMILES string of the molecule is CCN(c1nccnc1C(N)=S)C(C)COC. The smallest absolute Gasteiger partial charge is 0.157 e. The van der Waals surface area contributed by atoms with E-state index in [1.807, 2.05) is 6.92 Å². The molecule has 0 aromatic carbocycles. The predicted molar refractivity (Wildman–Crippen MR) is 72.3 cm³/mol. The number of nitrogens with two attached hydrogens (primary N) is 1. The first-order valence-electron chi connectivity index (χ1n) is 5.48.